The fourth-order valence-electron chi connectivity index (χ4n) is 1.86. The van der Waals surface area contributed by atoms with Gasteiger partial charge in [0.2, 0.25) is 0 Å². The third-order valence-corrected chi connectivity index (χ3v) is 3.08. The van der Waals surface area contributed by atoms with E-state index < -0.39 is 0 Å². The molecule has 0 aliphatic rings. The number of aromatic nitrogens is 1. The van der Waals surface area contributed by atoms with Crippen LogP contribution in [0.1, 0.15) is 39.4 Å². The van der Waals surface area contributed by atoms with Crippen molar-refractivity contribution in [3.8, 4) is 0 Å². The summed E-state index contributed by atoms with van der Waals surface area (Å²) in [6, 6.07) is 4.49. The summed E-state index contributed by atoms with van der Waals surface area (Å²) in [6.07, 6.45) is 3.87. The van der Waals surface area contributed by atoms with Crippen molar-refractivity contribution in [2.75, 3.05) is 18.5 Å². The molecule has 0 aromatic carbocycles. The molecular weight excluding hydrogens is 222 g/mol. The van der Waals surface area contributed by atoms with Crippen LogP contribution in [-0.2, 0) is 0 Å². The second kappa shape index (κ2) is 6.01. The Bertz CT molecular complexity index is 376. The van der Waals surface area contributed by atoms with Crippen LogP contribution in [0.15, 0.2) is 31.0 Å². The average Bonchev–Trinajstić information content (AvgIpc) is 2.34. The zero-order chi connectivity index (χ0) is 13.8. The lowest BCUT2D eigenvalue weighted by molar-refractivity contribution is 0.521. The van der Waals surface area contributed by atoms with Crippen molar-refractivity contribution in [1.82, 2.24) is 10.3 Å². The summed E-state index contributed by atoms with van der Waals surface area (Å²) in [4.78, 5) is 6.82. The molecule has 18 heavy (non-hydrogen) atoms. The van der Waals surface area contributed by atoms with Gasteiger partial charge in [-0.2, -0.15) is 0 Å². The van der Waals surface area contributed by atoms with Gasteiger partial charge in [-0.3, -0.25) is 4.98 Å². The van der Waals surface area contributed by atoms with Crippen molar-refractivity contribution in [3.05, 3.63) is 36.7 Å². The molecule has 1 aromatic rings. The zero-order valence-corrected chi connectivity index (χ0v) is 12.2. The Morgan fingerprint density at radius 2 is 2.11 bits per heavy atom. The van der Waals surface area contributed by atoms with Gasteiger partial charge >= 0.3 is 0 Å². The van der Waals surface area contributed by atoms with Gasteiger partial charge in [0.25, 0.3) is 0 Å². The summed E-state index contributed by atoms with van der Waals surface area (Å²) < 4.78 is 0. The van der Waals surface area contributed by atoms with Crippen LogP contribution in [-0.4, -0.2) is 24.1 Å². The van der Waals surface area contributed by atoms with Crippen molar-refractivity contribution >= 4 is 5.69 Å². The average molecular weight is 247 g/mol. The first-order valence-electron chi connectivity index (χ1n) is 6.42. The molecule has 1 aromatic heterocycles. The molecule has 0 bridgehead atoms. The molecule has 1 unspecified atom stereocenters. The highest BCUT2D eigenvalue weighted by atomic mass is 15.2. The quantitative estimate of drug-likeness (QED) is 0.810. The smallest absolute Gasteiger partial charge is 0.0571 e. The van der Waals surface area contributed by atoms with Crippen LogP contribution in [0.25, 0.3) is 0 Å². The molecule has 0 aliphatic carbocycles. The van der Waals surface area contributed by atoms with Gasteiger partial charge in [-0.1, -0.05) is 6.08 Å². The van der Waals surface area contributed by atoms with Crippen molar-refractivity contribution in [1.29, 1.82) is 0 Å². The van der Waals surface area contributed by atoms with Crippen LogP contribution >= 0.6 is 0 Å². The van der Waals surface area contributed by atoms with Gasteiger partial charge in [-0.05, 0) is 46.9 Å². The SMILES string of the molecule is C=CCN(c1ccc(C(C)NC)nc1)C(C)(C)C. The molecule has 1 rings (SSSR count). The van der Waals surface area contributed by atoms with Gasteiger partial charge in [0.15, 0.2) is 0 Å². The lowest BCUT2D eigenvalue weighted by atomic mass is 10.0. The Morgan fingerprint density at radius 1 is 1.44 bits per heavy atom. The van der Waals surface area contributed by atoms with E-state index in [4.69, 9.17) is 0 Å². The molecule has 0 saturated heterocycles. The van der Waals surface area contributed by atoms with Crippen LogP contribution in [0.4, 0.5) is 5.69 Å². The van der Waals surface area contributed by atoms with Crippen LogP contribution in [0, 0.1) is 0 Å². The summed E-state index contributed by atoms with van der Waals surface area (Å²) in [5.74, 6) is 0. The lowest BCUT2D eigenvalue weighted by Gasteiger charge is -2.36. The molecule has 0 spiro atoms. The first-order valence-corrected chi connectivity index (χ1v) is 6.42. The molecule has 0 saturated carbocycles. The molecule has 0 aliphatic heterocycles. The third kappa shape index (κ3) is 3.57. The molecule has 0 radical (unpaired) electrons. The van der Waals surface area contributed by atoms with E-state index in [-0.39, 0.29) is 11.6 Å². The normalized spacial score (nSPS) is 13.2. The van der Waals surface area contributed by atoms with E-state index in [2.05, 4.69) is 61.6 Å². The summed E-state index contributed by atoms with van der Waals surface area (Å²) in [6.45, 7) is 13.3. The van der Waals surface area contributed by atoms with E-state index in [0.29, 0.717) is 0 Å². The van der Waals surface area contributed by atoms with Crippen molar-refractivity contribution in [2.24, 2.45) is 0 Å². The number of nitrogens with zero attached hydrogens (tertiary/aromatic N) is 2. The minimum Gasteiger partial charge on any atom is -0.362 e. The second-order valence-corrected chi connectivity index (χ2v) is 5.52. The van der Waals surface area contributed by atoms with Crippen LogP contribution in [0.3, 0.4) is 0 Å². The number of anilines is 1. The van der Waals surface area contributed by atoms with E-state index in [1.165, 1.54) is 0 Å². The van der Waals surface area contributed by atoms with Gasteiger partial charge in [0.05, 0.1) is 17.6 Å². The standard InChI is InChI=1S/C15H25N3/c1-7-10-18(15(3,4)5)13-8-9-14(17-11-13)12(2)16-6/h7-9,11-12,16H,1,10H2,2-6H3. The van der Waals surface area contributed by atoms with E-state index in [1.54, 1.807) is 0 Å². The minimum atomic E-state index is 0.0615. The largest absolute Gasteiger partial charge is 0.362 e. The Kier molecular flexibility index (Phi) is 4.91. The Hall–Kier alpha value is -1.35. The number of nitrogens with one attached hydrogen (secondary N) is 1. The first-order chi connectivity index (χ1) is 8.40. The van der Waals surface area contributed by atoms with E-state index in [9.17, 15) is 0 Å². The summed E-state index contributed by atoms with van der Waals surface area (Å²) in [5, 5.41) is 3.19. The highest BCUT2D eigenvalue weighted by Gasteiger charge is 2.20. The lowest BCUT2D eigenvalue weighted by Crippen LogP contribution is -2.41. The summed E-state index contributed by atoms with van der Waals surface area (Å²) >= 11 is 0. The molecule has 100 valence electrons. The predicted molar refractivity (Wildman–Crippen MR) is 79.0 cm³/mol. The third-order valence-electron chi connectivity index (χ3n) is 3.08. The molecule has 1 atom stereocenters. The van der Waals surface area contributed by atoms with E-state index in [0.717, 1.165) is 17.9 Å². The maximum atomic E-state index is 4.53. The molecule has 3 heteroatoms. The second-order valence-electron chi connectivity index (χ2n) is 5.52. The van der Waals surface area contributed by atoms with Gasteiger partial charge in [0.1, 0.15) is 0 Å². The molecule has 3 nitrogen and oxygen atoms in total. The highest BCUT2D eigenvalue weighted by molar-refractivity contribution is 5.47. The summed E-state index contributed by atoms with van der Waals surface area (Å²) in [5.41, 5.74) is 2.26. The van der Waals surface area contributed by atoms with Crippen molar-refractivity contribution in [3.63, 3.8) is 0 Å². The van der Waals surface area contributed by atoms with Crippen LogP contribution in [0.5, 0.6) is 0 Å². The topological polar surface area (TPSA) is 28.2 Å². The molecular formula is C15H25N3. The van der Waals surface area contributed by atoms with Gasteiger partial charge in [0, 0.05) is 18.1 Å². The monoisotopic (exact) mass is 247 g/mol. The molecule has 0 fully saturated rings. The van der Waals surface area contributed by atoms with Gasteiger partial charge < -0.3 is 10.2 Å². The first kappa shape index (κ1) is 14.7. The molecule has 1 N–H and O–H groups in total. The van der Waals surface area contributed by atoms with Gasteiger partial charge in [-0.15, -0.1) is 6.58 Å². The van der Waals surface area contributed by atoms with E-state index >= 15 is 0 Å². The number of hydrogen-bond donors (Lipinski definition) is 1. The Labute approximate surface area is 111 Å². The fraction of sp³-hybridized carbons (Fsp3) is 0.533. The van der Waals surface area contributed by atoms with Gasteiger partial charge in [-0.25, -0.2) is 0 Å². The van der Waals surface area contributed by atoms with Crippen molar-refractivity contribution in [2.45, 2.75) is 39.3 Å². The molecule has 0 amide bonds. The van der Waals surface area contributed by atoms with Crippen LogP contribution < -0.4 is 10.2 Å². The summed E-state index contributed by atoms with van der Waals surface area (Å²) in [7, 11) is 1.94. The number of rotatable bonds is 5. The Balaban J connectivity index is 2.97. The maximum absolute atomic E-state index is 4.53. The van der Waals surface area contributed by atoms with Crippen LogP contribution in [0.2, 0.25) is 0 Å². The number of pyridine rings is 1. The maximum Gasteiger partial charge on any atom is 0.0571 e. The Morgan fingerprint density at radius 3 is 2.50 bits per heavy atom. The fourth-order valence-corrected chi connectivity index (χ4v) is 1.86. The molecule has 1 heterocycles. The minimum absolute atomic E-state index is 0.0615. The number of hydrogen-bond acceptors (Lipinski definition) is 3. The zero-order valence-electron chi connectivity index (χ0n) is 12.2. The highest BCUT2D eigenvalue weighted by Crippen LogP contribution is 2.23. The van der Waals surface area contributed by atoms with E-state index in [1.807, 2.05) is 19.3 Å². The predicted octanol–water partition coefficient (Wildman–Crippen LogP) is 3.15. The van der Waals surface area contributed by atoms with Crippen molar-refractivity contribution < 1.29 is 0 Å².